The van der Waals surface area contributed by atoms with E-state index >= 15 is 0 Å². The molecule has 4 nitrogen and oxygen atoms in total. The number of aliphatic carboxylic acids is 1. The van der Waals surface area contributed by atoms with Gasteiger partial charge in [-0.25, -0.2) is 4.79 Å². The standard InChI is InChI=1S/C3H6O3.H3N.Zr/c1-2(4)3(5)6;;/h2,4H,1H3,(H,5,6);1H3;. The minimum atomic E-state index is -1.23. The van der Waals surface area contributed by atoms with Gasteiger partial charge in [0.2, 0.25) is 0 Å². The van der Waals surface area contributed by atoms with Crippen molar-refractivity contribution in [3.63, 3.8) is 0 Å². The Bertz CT molecular complexity index is 65.5. The van der Waals surface area contributed by atoms with Gasteiger partial charge in [-0.3, -0.25) is 0 Å². The van der Waals surface area contributed by atoms with E-state index in [4.69, 9.17) is 10.2 Å². The fraction of sp³-hybridized carbons (Fsp3) is 0.667. The van der Waals surface area contributed by atoms with Crippen molar-refractivity contribution in [1.29, 1.82) is 0 Å². The zero-order valence-electron chi connectivity index (χ0n) is 4.59. The van der Waals surface area contributed by atoms with Gasteiger partial charge in [-0.05, 0) is 6.92 Å². The van der Waals surface area contributed by atoms with Crippen LogP contribution in [-0.4, -0.2) is 22.3 Å². The molecule has 48 valence electrons. The average Bonchev–Trinajstić information content (AvgIpc) is 1.36. The largest absolute Gasteiger partial charge is 0.479 e. The van der Waals surface area contributed by atoms with Gasteiger partial charge < -0.3 is 16.4 Å². The third kappa shape index (κ3) is 9.55. The van der Waals surface area contributed by atoms with E-state index < -0.39 is 12.1 Å². The van der Waals surface area contributed by atoms with Gasteiger partial charge in [-0.15, -0.1) is 0 Å². The van der Waals surface area contributed by atoms with E-state index in [0.717, 1.165) is 0 Å². The van der Waals surface area contributed by atoms with Crippen molar-refractivity contribution in [2.24, 2.45) is 0 Å². The van der Waals surface area contributed by atoms with Gasteiger partial charge in [0.1, 0.15) is 6.10 Å². The summed E-state index contributed by atoms with van der Waals surface area (Å²) in [6.45, 7) is 1.20. The predicted molar refractivity (Wildman–Crippen MR) is 24.3 cm³/mol. The molecule has 0 spiro atoms. The Hall–Kier alpha value is 0.273. The summed E-state index contributed by atoms with van der Waals surface area (Å²) in [6.07, 6.45) is -1.23. The topological polar surface area (TPSA) is 92.5 Å². The number of carbonyl (C=O) groups is 1. The van der Waals surface area contributed by atoms with Crippen molar-refractivity contribution in [3.05, 3.63) is 0 Å². The van der Waals surface area contributed by atoms with Crippen molar-refractivity contribution >= 4 is 5.97 Å². The number of carboxylic acids is 1. The molecule has 5 N–H and O–H groups in total. The molecule has 0 aliphatic carbocycles. The molecule has 0 fully saturated rings. The van der Waals surface area contributed by atoms with Crippen LogP contribution in [0.25, 0.3) is 0 Å². The van der Waals surface area contributed by atoms with E-state index in [1.807, 2.05) is 0 Å². The minimum absolute atomic E-state index is 0. The molecule has 0 aromatic carbocycles. The monoisotopic (exact) mass is 197 g/mol. The second-order valence-corrected chi connectivity index (χ2v) is 1.01. The molecule has 0 bridgehead atoms. The third-order valence-corrected chi connectivity index (χ3v) is 0.357. The number of hydrogen-bond acceptors (Lipinski definition) is 3. The molecule has 1 unspecified atom stereocenters. The Balaban J connectivity index is -0.000000125. The van der Waals surface area contributed by atoms with Crippen LogP contribution in [0.15, 0.2) is 0 Å². The Morgan fingerprint density at radius 2 is 1.75 bits per heavy atom. The Kier molecular flexibility index (Phi) is 14.3. The maximum absolute atomic E-state index is 9.45. The fourth-order valence-electron chi connectivity index (χ4n) is 0. The van der Waals surface area contributed by atoms with Crippen LogP contribution in [0.2, 0.25) is 0 Å². The summed E-state index contributed by atoms with van der Waals surface area (Å²) >= 11 is 0. The second kappa shape index (κ2) is 7.27. The molecule has 0 amide bonds. The number of aliphatic hydroxyl groups is 1. The first-order chi connectivity index (χ1) is 2.64. The first-order valence-electron chi connectivity index (χ1n) is 1.55. The quantitative estimate of drug-likeness (QED) is 0.535. The van der Waals surface area contributed by atoms with Gasteiger partial charge in [0.05, 0.1) is 0 Å². The minimum Gasteiger partial charge on any atom is -0.479 e. The summed E-state index contributed by atoms with van der Waals surface area (Å²) in [5, 5.41) is 15.8. The smallest absolute Gasteiger partial charge is 0.332 e. The SMILES string of the molecule is CC(O)C(=O)O.N.[Zr]. The number of rotatable bonds is 1. The van der Waals surface area contributed by atoms with E-state index in [2.05, 4.69) is 0 Å². The molecule has 0 radical (unpaired) electrons. The van der Waals surface area contributed by atoms with Gasteiger partial charge in [-0.1, -0.05) is 0 Å². The molecular formula is C3H9NO3Zr. The van der Waals surface area contributed by atoms with E-state index in [0.29, 0.717) is 0 Å². The molecule has 0 saturated heterocycles. The molecule has 0 aromatic rings. The van der Waals surface area contributed by atoms with Gasteiger partial charge in [0.25, 0.3) is 0 Å². The zero-order chi connectivity index (χ0) is 5.15. The Morgan fingerprint density at radius 1 is 1.62 bits per heavy atom. The number of aliphatic hydroxyl groups excluding tert-OH is 1. The van der Waals surface area contributed by atoms with Gasteiger partial charge in [0, 0.05) is 26.2 Å². The summed E-state index contributed by atoms with van der Waals surface area (Å²) in [7, 11) is 0. The molecule has 0 saturated carbocycles. The van der Waals surface area contributed by atoms with Crippen molar-refractivity contribution in [2.45, 2.75) is 13.0 Å². The number of carboxylic acid groups (broad SMARTS) is 1. The van der Waals surface area contributed by atoms with E-state index in [1.165, 1.54) is 6.92 Å². The summed E-state index contributed by atoms with van der Waals surface area (Å²) in [5.74, 6) is -1.19. The third-order valence-electron chi connectivity index (χ3n) is 0.357. The number of hydrogen-bond donors (Lipinski definition) is 3. The molecule has 8 heavy (non-hydrogen) atoms. The van der Waals surface area contributed by atoms with E-state index in [9.17, 15) is 4.79 Å². The molecule has 0 heterocycles. The Morgan fingerprint density at radius 3 is 1.75 bits per heavy atom. The zero-order valence-corrected chi connectivity index (χ0v) is 7.05. The average molecular weight is 198 g/mol. The van der Waals surface area contributed by atoms with E-state index in [-0.39, 0.29) is 32.4 Å². The van der Waals surface area contributed by atoms with Crippen LogP contribution in [0.3, 0.4) is 0 Å². The molecule has 0 aromatic heterocycles. The van der Waals surface area contributed by atoms with Crippen LogP contribution in [0.1, 0.15) is 6.92 Å². The van der Waals surface area contributed by atoms with Crippen LogP contribution in [0.4, 0.5) is 0 Å². The Labute approximate surface area is 66.6 Å². The molecule has 0 aliphatic heterocycles. The van der Waals surface area contributed by atoms with Crippen LogP contribution in [0, 0.1) is 0 Å². The van der Waals surface area contributed by atoms with E-state index in [1.54, 1.807) is 0 Å². The van der Waals surface area contributed by atoms with Crippen LogP contribution in [-0.2, 0) is 31.0 Å². The van der Waals surface area contributed by atoms with Gasteiger partial charge >= 0.3 is 5.97 Å². The molecule has 0 rings (SSSR count). The second-order valence-electron chi connectivity index (χ2n) is 1.01. The molecule has 0 aliphatic rings. The van der Waals surface area contributed by atoms with Crippen LogP contribution < -0.4 is 6.15 Å². The molecule has 5 heteroatoms. The molecular weight excluding hydrogens is 189 g/mol. The normalized spacial score (nSPS) is 10.2. The van der Waals surface area contributed by atoms with Crippen LogP contribution >= 0.6 is 0 Å². The first kappa shape index (κ1) is 15.7. The summed E-state index contributed by atoms with van der Waals surface area (Å²) in [6, 6.07) is 0. The molecule has 1 atom stereocenters. The summed E-state index contributed by atoms with van der Waals surface area (Å²) in [4.78, 5) is 9.45. The summed E-state index contributed by atoms with van der Waals surface area (Å²) < 4.78 is 0. The predicted octanol–water partition coefficient (Wildman–Crippen LogP) is -0.389. The first-order valence-corrected chi connectivity index (χ1v) is 1.55. The maximum Gasteiger partial charge on any atom is 0.332 e. The van der Waals surface area contributed by atoms with Crippen molar-refractivity contribution in [3.8, 4) is 0 Å². The maximum atomic E-state index is 9.45. The summed E-state index contributed by atoms with van der Waals surface area (Å²) in [5.41, 5.74) is 0. The van der Waals surface area contributed by atoms with Gasteiger partial charge in [0.15, 0.2) is 0 Å². The van der Waals surface area contributed by atoms with Gasteiger partial charge in [-0.2, -0.15) is 0 Å². The van der Waals surface area contributed by atoms with Crippen LogP contribution in [0.5, 0.6) is 0 Å². The fourth-order valence-corrected chi connectivity index (χ4v) is 0. The van der Waals surface area contributed by atoms with Crippen molar-refractivity contribution in [2.75, 3.05) is 0 Å². The van der Waals surface area contributed by atoms with Crippen molar-refractivity contribution < 1.29 is 41.2 Å². The van der Waals surface area contributed by atoms with Crippen molar-refractivity contribution in [1.82, 2.24) is 6.15 Å².